The SMILES string of the molecule is CCOc1ccc(CN(C[C@@H]2CCCO2)[C@@H](c2cc3ccc(C)cc3[nH]c2=O)c2nnnn2C2CCCC2)cc1. The van der Waals surface area contributed by atoms with Gasteiger partial charge in [-0.05, 0) is 90.7 Å². The minimum atomic E-state index is -0.444. The van der Waals surface area contributed by atoms with Crippen molar-refractivity contribution in [3.8, 4) is 5.75 Å². The number of rotatable bonds is 10. The Kier molecular flexibility index (Phi) is 7.93. The summed E-state index contributed by atoms with van der Waals surface area (Å²) >= 11 is 0. The van der Waals surface area contributed by atoms with Gasteiger partial charge in [0, 0.05) is 30.8 Å². The number of nitrogens with zero attached hydrogens (tertiary/aromatic N) is 5. The molecule has 4 aromatic rings. The van der Waals surface area contributed by atoms with E-state index < -0.39 is 6.04 Å². The van der Waals surface area contributed by atoms with E-state index in [2.05, 4.69) is 49.7 Å². The topological polar surface area (TPSA) is 98.2 Å². The average Bonchev–Trinajstić information content (AvgIpc) is 3.74. The molecule has 0 amide bonds. The number of nitrogens with one attached hydrogen (secondary N) is 1. The molecule has 40 heavy (non-hydrogen) atoms. The lowest BCUT2D eigenvalue weighted by Gasteiger charge is -2.33. The van der Waals surface area contributed by atoms with E-state index in [-0.39, 0.29) is 17.7 Å². The summed E-state index contributed by atoms with van der Waals surface area (Å²) in [6.45, 7) is 6.69. The van der Waals surface area contributed by atoms with Crippen LogP contribution in [0, 0.1) is 6.92 Å². The molecule has 1 aliphatic carbocycles. The van der Waals surface area contributed by atoms with E-state index in [0.717, 1.165) is 72.9 Å². The van der Waals surface area contributed by atoms with E-state index in [4.69, 9.17) is 9.47 Å². The molecule has 0 unspecified atom stereocenters. The number of hydrogen-bond donors (Lipinski definition) is 1. The maximum atomic E-state index is 13.8. The highest BCUT2D eigenvalue weighted by molar-refractivity contribution is 5.79. The Bertz CT molecular complexity index is 1490. The number of fused-ring (bicyclic) bond motifs is 1. The summed E-state index contributed by atoms with van der Waals surface area (Å²) in [6.07, 6.45) is 6.54. The van der Waals surface area contributed by atoms with Crippen LogP contribution in [0.25, 0.3) is 10.9 Å². The molecule has 9 nitrogen and oxygen atoms in total. The zero-order valence-electron chi connectivity index (χ0n) is 23.4. The Hall–Kier alpha value is -3.56. The number of benzene rings is 2. The smallest absolute Gasteiger partial charge is 0.253 e. The highest BCUT2D eigenvalue weighted by Crippen LogP contribution is 2.35. The van der Waals surface area contributed by atoms with Gasteiger partial charge in [0.2, 0.25) is 0 Å². The Balaban J connectivity index is 1.47. The van der Waals surface area contributed by atoms with E-state index in [1.54, 1.807) is 0 Å². The second-order valence-electron chi connectivity index (χ2n) is 11.1. The summed E-state index contributed by atoms with van der Waals surface area (Å²) in [5.41, 5.74) is 3.59. The van der Waals surface area contributed by atoms with Crippen LogP contribution < -0.4 is 10.3 Å². The summed E-state index contributed by atoms with van der Waals surface area (Å²) in [5, 5.41) is 14.2. The van der Waals surface area contributed by atoms with E-state index >= 15 is 0 Å². The van der Waals surface area contributed by atoms with Crippen molar-refractivity contribution in [3.05, 3.63) is 81.4 Å². The molecule has 1 saturated carbocycles. The lowest BCUT2D eigenvalue weighted by Crippen LogP contribution is -2.39. The fourth-order valence-corrected chi connectivity index (χ4v) is 6.23. The van der Waals surface area contributed by atoms with Crippen molar-refractivity contribution in [1.29, 1.82) is 0 Å². The van der Waals surface area contributed by atoms with Crippen molar-refractivity contribution in [2.75, 3.05) is 19.8 Å². The third-order valence-corrected chi connectivity index (χ3v) is 8.21. The zero-order chi connectivity index (χ0) is 27.5. The van der Waals surface area contributed by atoms with Gasteiger partial charge in [-0.1, -0.05) is 37.1 Å². The van der Waals surface area contributed by atoms with Crippen molar-refractivity contribution in [2.24, 2.45) is 0 Å². The lowest BCUT2D eigenvalue weighted by atomic mass is 10.0. The molecule has 6 rings (SSSR count). The standard InChI is InChI=1S/C31H38N6O3/c1-3-39-25-14-11-22(12-15-25)19-36(20-26-9-6-16-40-26)29(30-33-34-35-37(30)24-7-4-5-8-24)27-18-23-13-10-21(2)17-28(23)32-31(27)38/h10-15,17-18,24,26,29H,3-9,16,19-20H2,1-2H3,(H,32,38)/t26-,29-/m0/s1. The average molecular weight is 543 g/mol. The third-order valence-electron chi connectivity index (χ3n) is 8.21. The normalized spacial score (nSPS) is 18.6. The van der Waals surface area contributed by atoms with Gasteiger partial charge in [0.25, 0.3) is 5.56 Å². The molecule has 0 spiro atoms. The minimum Gasteiger partial charge on any atom is -0.494 e. The Morgan fingerprint density at radius 1 is 1.10 bits per heavy atom. The van der Waals surface area contributed by atoms with E-state index in [9.17, 15) is 4.79 Å². The van der Waals surface area contributed by atoms with Crippen molar-refractivity contribution in [3.63, 3.8) is 0 Å². The van der Waals surface area contributed by atoms with Crippen LogP contribution in [0.4, 0.5) is 0 Å². The monoisotopic (exact) mass is 542 g/mol. The molecule has 2 aliphatic rings. The van der Waals surface area contributed by atoms with Crippen LogP contribution in [0.3, 0.4) is 0 Å². The molecule has 1 aliphatic heterocycles. The molecular weight excluding hydrogens is 504 g/mol. The number of pyridine rings is 1. The fraction of sp³-hybridized carbons (Fsp3) is 0.484. The van der Waals surface area contributed by atoms with Crippen LogP contribution in [0.5, 0.6) is 5.75 Å². The van der Waals surface area contributed by atoms with E-state index in [1.807, 2.05) is 42.8 Å². The molecule has 210 valence electrons. The maximum Gasteiger partial charge on any atom is 0.253 e. The van der Waals surface area contributed by atoms with Gasteiger partial charge in [0.05, 0.1) is 18.8 Å². The highest BCUT2D eigenvalue weighted by Gasteiger charge is 2.35. The van der Waals surface area contributed by atoms with Gasteiger partial charge < -0.3 is 14.5 Å². The van der Waals surface area contributed by atoms with Crippen molar-refractivity contribution >= 4 is 10.9 Å². The van der Waals surface area contributed by atoms with Gasteiger partial charge in [0.15, 0.2) is 5.82 Å². The Morgan fingerprint density at radius 3 is 2.67 bits per heavy atom. The molecule has 2 aromatic heterocycles. The van der Waals surface area contributed by atoms with Crippen molar-refractivity contribution < 1.29 is 9.47 Å². The number of ether oxygens (including phenoxy) is 2. The van der Waals surface area contributed by atoms with Gasteiger partial charge in [-0.3, -0.25) is 9.69 Å². The molecule has 2 atom stereocenters. The van der Waals surface area contributed by atoms with Gasteiger partial charge >= 0.3 is 0 Å². The highest BCUT2D eigenvalue weighted by atomic mass is 16.5. The van der Waals surface area contributed by atoms with Gasteiger partial charge in [-0.25, -0.2) is 4.68 Å². The Morgan fingerprint density at radius 2 is 1.93 bits per heavy atom. The minimum absolute atomic E-state index is 0.0863. The van der Waals surface area contributed by atoms with E-state index in [1.165, 1.54) is 0 Å². The Labute approximate surface area is 234 Å². The molecule has 0 radical (unpaired) electrons. The summed E-state index contributed by atoms with van der Waals surface area (Å²) in [4.78, 5) is 19.3. The molecule has 3 heterocycles. The fourth-order valence-electron chi connectivity index (χ4n) is 6.23. The first kappa shape index (κ1) is 26.7. The summed E-state index contributed by atoms with van der Waals surface area (Å²) in [7, 11) is 0. The van der Waals surface area contributed by atoms with Gasteiger partial charge in [-0.15, -0.1) is 5.10 Å². The molecule has 1 saturated heterocycles. The lowest BCUT2D eigenvalue weighted by molar-refractivity contribution is 0.0569. The molecule has 2 aromatic carbocycles. The summed E-state index contributed by atoms with van der Waals surface area (Å²) < 4.78 is 13.8. The molecule has 9 heteroatoms. The predicted molar refractivity (Wildman–Crippen MR) is 153 cm³/mol. The van der Waals surface area contributed by atoms with Crippen LogP contribution >= 0.6 is 0 Å². The molecular formula is C31H38N6O3. The van der Waals surface area contributed by atoms with Crippen LogP contribution in [0.1, 0.15) is 80.0 Å². The first-order valence-corrected chi connectivity index (χ1v) is 14.6. The van der Waals surface area contributed by atoms with E-state index in [0.29, 0.717) is 31.1 Å². The molecule has 1 N–H and O–H groups in total. The van der Waals surface area contributed by atoms with Crippen LogP contribution in [-0.4, -0.2) is 56.0 Å². The second kappa shape index (κ2) is 11.9. The third kappa shape index (κ3) is 5.67. The van der Waals surface area contributed by atoms with Crippen molar-refractivity contribution in [1.82, 2.24) is 30.1 Å². The number of hydrogen-bond acceptors (Lipinski definition) is 7. The number of aromatic nitrogens is 5. The van der Waals surface area contributed by atoms with Crippen LogP contribution in [0.15, 0.2) is 53.3 Å². The van der Waals surface area contributed by atoms with Gasteiger partial charge in [-0.2, -0.15) is 0 Å². The quantitative estimate of drug-likeness (QED) is 0.297. The first-order valence-electron chi connectivity index (χ1n) is 14.6. The molecule has 2 fully saturated rings. The number of H-pyrrole nitrogens is 1. The second-order valence-corrected chi connectivity index (χ2v) is 11.1. The van der Waals surface area contributed by atoms with Crippen LogP contribution in [0.2, 0.25) is 0 Å². The van der Waals surface area contributed by atoms with Crippen molar-refractivity contribution in [2.45, 2.75) is 77.1 Å². The predicted octanol–water partition coefficient (Wildman–Crippen LogP) is 5.11. The maximum absolute atomic E-state index is 13.8. The largest absolute Gasteiger partial charge is 0.494 e. The summed E-state index contributed by atoms with van der Waals surface area (Å²) in [5.74, 6) is 1.56. The number of aryl methyl sites for hydroxylation is 1. The zero-order valence-corrected chi connectivity index (χ0v) is 23.4. The number of tetrazole rings is 1. The summed E-state index contributed by atoms with van der Waals surface area (Å²) in [6, 6.07) is 16.2. The van der Waals surface area contributed by atoms with Crippen LogP contribution in [-0.2, 0) is 11.3 Å². The molecule has 0 bridgehead atoms. The van der Waals surface area contributed by atoms with Gasteiger partial charge in [0.1, 0.15) is 11.8 Å². The number of aromatic amines is 1. The first-order chi connectivity index (χ1) is 19.6.